The van der Waals surface area contributed by atoms with Crippen LogP contribution in [0.15, 0.2) is 47.4 Å². The summed E-state index contributed by atoms with van der Waals surface area (Å²) in [4.78, 5) is 12.3. The summed E-state index contributed by atoms with van der Waals surface area (Å²) >= 11 is 17.8. The molecule has 0 spiro atoms. The molecular weight excluding hydrogens is 431 g/mol. The normalized spacial score (nSPS) is 12.8. The third-order valence-corrected chi connectivity index (χ3v) is 6.82. The van der Waals surface area contributed by atoms with Crippen LogP contribution in [0.25, 0.3) is 0 Å². The van der Waals surface area contributed by atoms with Crippen molar-refractivity contribution in [2.24, 2.45) is 0 Å². The van der Waals surface area contributed by atoms with E-state index in [4.69, 9.17) is 34.8 Å². The van der Waals surface area contributed by atoms with Crippen molar-refractivity contribution in [2.75, 3.05) is 13.1 Å². The minimum absolute atomic E-state index is 0.0489. The first-order chi connectivity index (χ1) is 12.6. The fourth-order valence-corrected chi connectivity index (χ4v) is 4.73. The van der Waals surface area contributed by atoms with Gasteiger partial charge < -0.3 is 5.32 Å². The molecule has 0 aromatic heterocycles. The van der Waals surface area contributed by atoms with Crippen molar-refractivity contribution in [1.29, 1.82) is 0 Å². The Morgan fingerprint density at radius 3 is 2.26 bits per heavy atom. The smallest absolute Gasteiger partial charge is 0.245 e. The molecule has 1 amide bonds. The lowest BCUT2D eigenvalue weighted by Gasteiger charge is -2.22. The molecule has 0 aliphatic carbocycles. The van der Waals surface area contributed by atoms with Crippen molar-refractivity contribution < 1.29 is 13.2 Å². The fourth-order valence-electron chi connectivity index (χ4n) is 2.46. The van der Waals surface area contributed by atoms with Crippen molar-refractivity contribution in [1.82, 2.24) is 9.62 Å². The lowest BCUT2D eigenvalue weighted by atomic mass is 10.1. The summed E-state index contributed by atoms with van der Waals surface area (Å²) in [5.74, 6) is -0.430. The Balaban J connectivity index is 2.14. The Bertz CT molecular complexity index is 918. The number of carbonyl (C=O) groups excluding carboxylic acids is 1. The molecule has 0 saturated carbocycles. The number of rotatable bonds is 7. The number of halogens is 3. The average molecular weight is 450 g/mol. The van der Waals surface area contributed by atoms with E-state index in [1.165, 1.54) is 18.2 Å². The first kappa shape index (κ1) is 22.0. The zero-order valence-electron chi connectivity index (χ0n) is 14.7. The van der Waals surface area contributed by atoms with E-state index in [0.29, 0.717) is 5.02 Å². The van der Waals surface area contributed by atoms with Crippen LogP contribution in [0.5, 0.6) is 0 Å². The maximum atomic E-state index is 12.9. The number of nitrogens with zero attached hydrogens (tertiary/aromatic N) is 1. The van der Waals surface area contributed by atoms with Crippen molar-refractivity contribution >= 4 is 50.7 Å². The second-order valence-electron chi connectivity index (χ2n) is 5.85. The highest BCUT2D eigenvalue weighted by atomic mass is 35.5. The number of amides is 1. The Kier molecular flexibility index (Phi) is 7.54. The minimum atomic E-state index is -3.97. The van der Waals surface area contributed by atoms with Gasteiger partial charge in [-0.2, -0.15) is 4.31 Å². The molecule has 0 bridgehead atoms. The fraction of sp³-hybridized carbons (Fsp3) is 0.278. The third-order valence-electron chi connectivity index (χ3n) is 3.93. The van der Waals surface area contributed by atoms with Crippen molar-refractivity contribution in [3.8, 4) is 0 Å². The number of carbonyl (C=O) groups is 1. The summed E-state index contributed by atoms with van der Waals surface area (Å²) in [7, 11) is -3.97. The molecule has 0 heterocycles. The zero-order chi connectivity index (χ0) is 20.2. The first-order valence-electron chi connectivity index (χ1n) is 8.15. The van der Waals surface area contributed by atoms with Gasteiger partial charge in [-0.1, -0.05) is 53.9 Å². The van der Waals surface area contributed by atoms with Crippen LogP contribution in [0.4, 0.5) is 0 Å². The molecule has 0 fully saturated rings. The van der Waals surface area contributed by atoms with Gasteiger partial charge in [-0.25, -0.2) is 8.42 Å². The molecule has 0 aliphatic heterocycles. The van der Waals surface area contributed by atoms with E-state index in [9.17, 15) is 13.2 Å². The van der Waals surface area contributed by atoms with Gasteiger partial charge in [-0.05, 0) is 42.8 Å². The maximum Gasteiger partial charge on any atom is 0.245 e. The van der Waals surface area contributed by atoms with Gasteiger partial charge >= 0.3 is 0 Å². The Hall–Kier alpha value is -1.31. The average Bonchev–Trinajstić information content (AvgIpc) is 2.61. The predicted octanol–water partition coefficient (Wildman–Crippen LogP) is 4.53. The molecule has 2 aromatic carbocycles. The standard InChI is InChI=1S/C18H19Cl3N2O3S/c1-3-23(27(25,26)17-10-15(20)8-9-16(17)21)11-18(24)22-12(2)13-4-6-14(19)7-5-13/h4-10,12H,3,11H2,1-2H3,(H,22,24)/t12-/m1/s1. The predicted molar refractivity (Wildman–Crippen MR) is 109 cm³/mol. The first-order valence-corrected chi connectivity index (χ1v) is 10.7. The van der Waals surface area contributed by atoms with Gasteiger partial charge in [-0.3, -0.25) is 4.79 Å². The Morgan fingerprint density at radius 1 is 1.07 bits per heavy atom. The van der Waals surface area contributed by atoms with Gasteiger partial charge in [0.15, 0.2) is 0 Å². The van der Waals surface area contributed by atoms with Gasteiger partial charge in [-0.15, -0.1) is 0 Å². The van der Waals surface area contributed by atoms with Gasteiger partial charge in [0.25, 0.3) is 0 Å². The summed E-state index contributed by atoms with van der Waals surface area (Å²) < 4.78 is 26.8. The van der Waals surface area contributed by atoms with Crippen molar-refractivity contribution in [3.05, 3.63) is 63.1 Å². The molecule has 27 heavy (non-hydrogen) atoms. The summed E-state index contributed by atoms with van der Waals surface area (Å²) in [6, 6.07) is 10.9. The highest BCUT2D eigenvalue weighted by Crippen LogP contribution is 2.27. The molecule has 1 atom stereocenters. The van der Waals surface area contributed by atoms with E-state index in [0.717, 1.165) is 9.87 Å². The van der Waals surface area contributed by atoms with Crippen molar-refractivity contribution in [2.45, 2.75) is 24.8 Å². The second-order valence-corrected chi connectivity index (χ2v) is 9.03. The molecule has 0 aliphatic rings. The Labute approximate surface area is 174 Å². The van der Waals surface area contributed by atoms with Crippen LogP contribution >= 0.6 is 34.8 Å². The maximum absolute atomic E-state index is 12.9. The van der Waals surface area contributed by atoms with E-state index in [2.05, 4.69) is 5.32 Å². The van der Waals surface area contributed by atoms with Crippen LogP contribution in [0.1, 0.15) is 25.5 Å². The number of hydrogen-bond acceptors (Lipinski definition) is 3. The molecular formula is C18H19Cl3N2O3S. The summed E-state index contributed by atoms with van der Waals surface area (Å²) in [6.07, 6.45) is 0. The van der Waals surface area contributed by atoms with E-state index in [1.54, 1.807) is 38.1 Å². The molecule has 0 radical (unpaired) electrons. The number of benzene rings is 2. The lowest BCUT2D eigenvalue weighted by molar-refractivity contribution is -0.121. The highest BCUT2D eigenvalue weighted by molar-refractivity contribution is 7.89. The SMILES string of the molecule is CCN(CC(=O)N[C@H](C)c1ccc(Cl)cc1)S(=O)(=O)c1cc(Cl)ccc1Cl. The molecule has 1 N–H and O–H groups in total. The summed E-state index contributed by atoms with van der Waals surface area (Å²) in [5, 5.41) is 3.67. The quantitative estimate of drug-likeness (QED) is 0.675. The third kappa shape index (κ3) is 5.59. The van der Waals surface area contributed by atoms with E-state index >= 15 is 0 Å². The topological polar surface area (TPSA) is 66.5 Å². The molecule has 5 nitrogen and oxygen atoms in total. The van der Waals surface area contributed by atoms with Crippen LogP contribution in [-0.4, -0.2) is 31.7 Å². The van der Waals surface area contributed by atoms with E-state index in [1.807, 2.05) is 0 Å². The number of likely N-dealkylation sites (N-methyl/N-ethyl adjacent to an activating group) is 1. The van der Waals surface area contributed by atoms with E-state index < -0.39 is 15.9 Å². The van der Waals surface area contributed by atoms with E-state index in [-0.39, 0.29) is 34.1 Å². The highest BCUT2D eigenvalue weighted by Gasteiger charge is 2.28. The molecule has 9 heteroatoms. The number of sulfonamides is 1. The van der Waals surface area contributed by atoms with Crippen LogP contribution in [0, 0.1) is 0 Å². The largest absolute Gasteiger partial charge is 0.348 e. The van der Waals surface area contributed by atoms with Crippen LogP contribution in [-0.2, 0) is 14.8 Å². The summed E-state index contributed by atoms with van der Waals surface area (Å²) in [5.41, 5.74) is 0.858. The second kappa shape index (κ2) is 9.26. The molecule has 0 saturated heterocycles. The van der Waals surface area contributed by atoms with Gasteiger partial charge in [0.2, 0.25) is 15.9 Å². The van der Waals surface area contributed by atoms with Gasteiger partial charge in [0, 0.05) is 16.6 Å². The zero-order valence-corrected chi connectivity index (χ0v) is 17.8. The van der Waals surface area contributed by atoms with Crippen molar-refractivity contribution in [3.63, 3.8) is 0 Å². The number of nitrogens with one attached hydrogen (secondary N) is 1. The molecule has 146 valence electrons. The van der Waals surface area contributed by atoms with Crippen LogP contribution in [0.3, 0.4) is 0 Å². The Morgan fingerprint density at radius 2 is 1.67 bits per heavy atom. The van der Waals surface area contributed by atoms with Crippen LogP contribution < -0.4 is 5.32 Å². The molecule has 0 unspecified atom stereocenters. The monoisotopic (exact) mass is 448 g/mol. The lowest BCUT2D eigenvalue weighted by Crippen LogP contribution is -2.41. The molecule has 2 rings (SSSR count). The number of hydrogen-bond donors (Lipinski definition) is 1. The van der Waals surface area contributed by atoms with Gasteiger partial charge in [0.05, 0.1) is 17.6 Å². The minimum Gasteiger partial charge on any atom is -0.348 e. The molecule has 2 aromatic rings. The van der Waals surface area contributed by atoms with Gasteiger partial charge in [0.1, 0.15) is 4.90 Å². The summed E-state index contributed by atoms with van der Waals surface area (Å²) in [6.45, 7) is 3.22. The van der Waals surface area contributed by atoms with Crippen LogP contribution in [0.2, 0.25) is 15.1 Å².